The summed E-state index contributed by atoms with van der Waals surface area (Å²) in [6.45, 7) is 3.72. The molecule has 1 aromatic carbocycles. The van der Waals surface area contributed by atoms with Crippen LogP contribution in [0.1, 0.15) is 31.4 Å². The number of aromatic nitrogens is 4. The summed E-state index contributed by atoms with van der Waals surface area (Å²) in [4.78, 5) is 11.3. The van der Waals surface area contributed by atoms with Crippen LogP contribution in [0.5, 0.6) is 0 Å². The molecule has 2 aromatic heterocycles. The van der Waals surface area contributed by atoms with Crippen molar-refractivity contribution in [2.75, 3.05) is 23.3 Å². The molecule has 1 fully saturated rings. The van der Waals surface area contributed by atoms with Gasteiger partial charge in [0.1, 0.15) is 5.82 Å². The monoisotopic (exact) mass is 364 g/mol. The highest BCUT2D eigenvalue weighted by atomic mass is 16.3. The van der Waals surface area contributed by atoms with Crippen LogP contribution in [-0.2, 0) is 0 Å². The van der Waals surface area contributed by atoms with Crippen molar-refractivity contribution in [2.45, 2.75) is 31.9 Å². The Morgan fingerprint density at radius 3 is 2.70 bits per heavy atom. The molecule has 1 atom stereocenters. The molecule has 4 rings (SSSR count). The molecule has 2 N–H and O–H groups in total. The van der Waals surface area contributed by atoms with Crippen LogP contribution in [0.4, 0.5) is 11.8 Å². The van der Waals surface area contributed by atoms with Crippen molar-refractivity contribution in [3.05, 3.63) is 60.6 Å². The molecule has 0 unspecified atom stereocenters. The maximum absolute atomic E-state index is 9.70. The van der Waals surface area contributed by atoms with Crippen LogP contribution in [0.2, 0.25) is 0 Å². The van der Waals surface area contributed by atoms with E-state index in [1.807, 2.05) is 35.1 Å². The Bertz CT molecular complexity index is 874. The Kier molecular flexibility index (Phi) is 5.02. The maximum Gasteiger partial charge on any atom is 0.225 e. The fourth-order valence-corrected chi connectivity index (χ4v) is 3.43. The van der Waals surface area contributed by atoms with Crippen molar-refractivity contribution < 1.29 is 5.11 Å². The predicted molar refractivity (Wildman–Crippen MR) is 105 cm³/mol. The Labute approximate surface area is 158 Å². The number of anilines is 2. The number of aliphatic hydroxyl groups is 1. The molecule has 7 heteroatoms. The number of piperidine rings is 1. The smallest absolute Gasteiger partial charge is 0.225 e. The fraction of sp³-hybridized carbons (Fsp3) is 0.350. The third-order valence-corrected chi connectivity index (χ3v) is 4.93. The van der Waals surface area contributed by atoms with Crippen LogP contribution in [0, 0.1) is 0 Å². The zero-order valence-electron chi connectivity index (χ0n) is 15.4. The summed E-state index contributed by atoms with van der Waals surface area (Å²) in [5, 5.41) is 17.5. The van der Waals surface area contributed by atoms with Gasteiger partial charge in [0.25, 0.3) is 0 Å². The number of nitrogens with zero attached hydrogens (tertiary/aromatic N) is 5. The van der Waals surface area contributed by atoms with Gasteiger partial charge in [0, 0.05) is 31.7 Å². The van der Waals surface area contributed by atoms with Crippen molar-refractivity contribution >= 4 is 11.8 Å². The van der Waals surface area contributed by atoms with E-state index in [1.165, 1.54) is 0 Å². The summed E-state index contributed by atoms with van der Waals surface area (Å²) in [7, 11) is 0. The summed E-state index contributed by atoms with van der Waals surface area (Å²) in [6.07, 6.45) is 6.85. The Morgan fingerprint density at radius 2 is 1.93 bits per heavy atom. The number of nitrogens with one attached hydrogen (secondary N) is 1. The minimum Gasteiger partial charge on any atom is -0.393 e. The minimum absolute atomic E-state index is 0.0174. The Balaban J connectivity index is 1.52. The largest absolute Gasteiger partial charge is 0.393 e. The van der Waals surface area contributed by atoms with Gasteiger partial charge in [-0.25, -0.2) is 9.67 Å². The molecule has 0 bridgehead atoms. The van der Waals surface area contributed by atoms with Crippen molar-refractivity contribution in [3.63, 3.8) is 0 Å². The quantitative estimate of drug-likeness (QED) is 0.725. The Hall–Kier alpha value is -2.93. The molecule has 0 saturated carbocycles. The molecule has 1 aliphatic rings. The van der Waals surface area contributed by atoms with Gasteiger partial charge < -0.3 is 15.3 Å². The van der Waals surface area contributed by atoms with Crippen molar-refractivity contribution in [1.29, 1.82) is 0 Å². The third-order valence-electron chi connectivity index (χ3n) is 4.93. The molecule has 0 spiro atoms. The number of rotatable bonds is 5. The molecule has 1 saturated heterocycles. The lowest BCUT2D eigenvalue weighted by atomic mass is 10.1. The SMILES string of the molecule is C[C@@H](Nc1nccc(N2CCC(O)CC2)n1)c1ccccc1-n1cccn1. The molecule has 1 aliphatic heterocycles. The van der Waals surface area contributed by atoms with E-state index in [4.69, 9.17) is 0 Å². The summed E-state index contributed by atoms with van der Waals surface area (Å²) in [5.41, 5.74) is 2.15. The lowest BCUT2D eigenvalue weighted by Crippen LogP contribution is -2.36. The van der Waals surface area contributed by atoms with Gasteiger partial charge in [-0.1, -0.05) is 18.2 Å². The molecular weight excluding hydrogens is 340 g/mol. The van der Waals surface area contributed by atoms with E-state index < -0.39 is 0 Å². The average Bonchev–Trinajstić information content (AvgIpc) is 3.23. The average molecular weight is 364 g/mol. The van der Waals surface area contributed by atoms with Gasteiger partial charge in [-0.05, 0) is 43.5 Å². The second-order valence-corrected chi connectivity index (χ2v) is 6.83. The summed E-state index contributed by atoms with van der Waals surface area (Å²) in [6, 6.07) is 12.0. The van der Waals surface area contributed by atoms with Gasteiger partial charge in [0.15, 0.2) is 0 Å². The zero-order valence-corrected chi connectivity index (χ0v) is 15.4. The summed E-state index contributed by atoms with van der Waals surface area (Å²) >= 11 is 0. The van der Waals surface area contributed by atoms with Crippen molar-refractivity contribution in [2.24, 2.45) is 0 Å². The molecule has 7 nitrogen and oxygen atoms in total. The van der Waals surface area contributed by atoms with E-state index in [9.17, 15) is 5.11 Å². The van der Waals surface area contributed by atoms with E-state index in [0.29, 0.717) is 5.95 Å². The van der Waals surface area contributed by atoms with Crippen LogP contribution in [0.3, 0.4) is 0 Å². The normalized spacial score (nSPS) is 16.3. The Morgan fingerprint density at radius 1 is 1.11 bits per heavy atom. The number of benzene rings is 1. The molecular formula is C20H24N6O. The van der Waals surface area contributed by atoms with E-state index >= 15 is 0 Å². The number of hydrogen-bond donors (Lipinski definition) is 2. The zero-order chi connectivity index (χ0) is 18.6. The van der Waals surface area contributed by atoms with Crippen molar-refractivity contribution in [3.8, 4) is 5.69 Å². The second kappa shape index (κ2) is 7.75. The highest BCUT2D eigenvalue weighted by Gasteiger charge is 2.19. The number of aliphatic hydroxyl groups excluding tert-OH is 1. The standard InChI is InChI=1S/C20H24N6O/c1-15(17-5-2-3-6-18(17)26-12-4-10-22-26)23-20-21-11-7-19(24-20)25-13-8-16(27)9-14-25/h2-7,10-12,15-16,27H,8-9,13-14H2,1H3,(H,21,23,24)/t15-/m1/s1. The lowest BCUT2D eigenvalue weighted by Gasteiger charge is -2.30. The van der Waals surface area contributed by atoms with Crippen LogP contribution < -0.4 is 10.2 Å². The highest BCUT2D eigenvalue weighted by Crippen LogP contribution is 2.25. The van der Waals surface area contributed by atoms with Crippen molar-refractivity contribution in [1.82, 2.24) is 19.7 Å². The van der Waals surface area contributed by atoms with Gasteiger partial charge >= 0.3 is 0 Å². The summed E-state index contributed by atoms with van der Waals surface area (Å²) in [5.74, 6) is 1.49. The van der Waals surface area contributed by atoms with E-state index in [-0.39, 0.29) is 12.1 Å². The molecule has 27 heavy (non-hydrogen) atoms. The van der Waals surface area contributed by atoms with Crippen LogP contribution in [-0.4, -0.2) is 44.0 Å². The molecule has 0 aliphatic carbocycles. The van der Waals surface area contributed by atoms with Gasteiger partial charge in [-0.3, -0.25) is 0 Å². The van der Waals surface area contributed by atoms with Gasteiger partial charge in [-0.2, -0.15) is 10.1 Å². The fourth-order valence-electron chi connectivity index (χ4n) is 3.43. The number of para-hydroxylation sites is 1. The van der Waals surface area contributed by atoms with E-state index in [0.717, 1.165) is 43.0 Å². The molecule has 3 aromatic rings. The van der Waals surface area contributed by atoms with Gasteiger partial charge in [-0.15, -0.1) is 0 Å². The van der Waals surface area contributed by atoms with Gasteiger partial charge in [0.2, 0.25) is 5.95 Å². The van der Waals surface area contributed by atoms with Gasteiger partial charge in [0.05, 0.1) is 17.8 Å². The first-order valence-corrected chi connectivity index (χ1v) is 9.32. The minimum atomic E-state index is -0.195. The van der Waals surface area contributed by atoms with Crippen LogP contribution in [0.25, 0.3) is 5.69 Å². The first-order chi connectivity index (χ1) is 13.2. The molecule has 3 heterocycles. The van der Waals surface area contributed by atoms with E-state index in [2.05, 4.69) is 44.3 Å². The first-order valence-electron chi connectivity index (χ1n) is 9.32. The summed E-state index contributed by atoms with van der Waals surface area (Å²) < 4.78 is 1.86. The highest BCUT2D eigenvalue weighted by molar-refractivity contribution is 5.47. The molecule has 140 valence electrons. The maximum atomic E-state index is 9.70. The third kappa shape index (κ3) is 3.93. The molecule has 0 amide bonds. The topological polar surface area (TPSA) is 79.1 Å². The van der Waals surface area contributed by atoms with Crippen LogP contribution in [0.15, 0.2) is 55.0 Å². The van der Waals surface area contributed by atoms with E-state index in [1.54, 1.807) is 12.4 Å². The molecule has 0 radical (unpaired) electrons. The van der Waals surface area contributed by atoms with Crippen LogP contribution >= 0.6 is 0 Å². The lowest BCUT2D eigenvalue weighted by molar-refractivity contribution is 0.145. The number of hydrogen-bond acceptors (Lipinski definition) is 6. The first kappa shape index (κ1) is 17.5. The second-order valence-electron chi connectivity index (χ2n) is 6.83. The predicted octanol–water partition coefficient (Wildman–Crippen LogP) is 2.80.